The molecule has 4 heteroatoms. The first-order valence-corrected chi connectivity index (χ1v) is 4.14. The van der Waals surface area contributed by atoms with Gasteiger partial charge in [-0.2, -0.15) is 0 Å². The van der Waals surface area contributed by atoms with E-state index in [0.29, 0.717) is 8.96 Å². The fourth-order valence-electron chi connectivity index (χ4n) is 0.593. The maximum absolute atomic E-state index is 10.7. The van der Waals surface area contributed by atoms with Crippen molar-refractivity contribution >= 4 is 37.8 Å². The molecule has 1 unspecified atom stereocenters. The van der Waals surface area contributed by atoms with Gasteiger partial charge in [0.2, 0.25) is 0 Å². The highest BCUT2D eigenvalue weighted by molar-refractivity contribution is 9.14. The SMILES string of the molecule is C=CC1OC(=O)C(Br)=C1Br. The Morgan fingerprint density at radius 1 is 1.60 bits per heavy atom. The minimum Gasteiger partial charge on any atom is -0.449 e. The van der Waals surface area contributed by atoms with Crippen molar-refractivity contribution in [2.24, 2.45) is 0 Å². The van der Waals surface area contributed by atoms with Crippen molar-refractivity contribution in [2.45, 2.75) is 6.10 Å². The summed E-state index contributed by atoms with van der Waals surface area (Å²) in [6.07, 6.45) is 1.23. The molecule has 1 aliphatic rings. The third kappa shape index (κ3) is 1.18. The minimum atomic E-state index is -0.350. The van der Waals surface area contributed by atoms with E-state index in [0.717, 1.165) is 0 Å². The molecule has 54 valence electrons. The quantitative estimate of drug-likeness (QED) is 0.537. The zero-order valence-corrected chi connectivity index (χ0v) is 8.11. The summed E-state index contributed by atoms with van der Waals surface area (Å²) >= 11 is 6.25. The Morgan fingerprint density at radius 3 is 2.40 bits per heavy atom. The number of carbonyl (C=O) groups is 1. The normalized spacial score (nSPS) is 25.0. The number of ether oxygens (including phenoxy) is 1. The van der Waals surface area contributed by atoms with Gasteiger partial charge in [-0.05, 0) is 37.9 Å². The summed E-state index contributed by atoms with van der Waals surface area (Å²) in [5.74, 6) is -0.350. The third-order valence-corrected chi connectivity index (χ3v) is 3.22. The van der Waals surface area contributed by atoms with Gasteiger partial charge in [0.25, 0.3) is 0 Å². The van der Waals surface area contributed by atoms with Crippen LogP contribution in [-0.2, 0) is 9.53 Å². The smallest absolute Gasteiger partial charge is 0.347 e. The molecule has 0 bridgehead atoms. The molecule has 1 aliphatic heterocycles. The summed E-state index contributed by atoms with van der Waals surface area (Å²) in [6.45, 7) is 3.50. The van der Waals surface area contributed by atoms with Crippen molar-refractivity contribution in [3.63, 3.8) is 0 Å². The second-order valence-electron chi connectivity index (χ2n) is 1.72. The number of halogens is 2. The van der Waals surface area contributed by atoms with Crippen LogP contribution in [-0.4, -0.2) is 12.1 Å². The lowest BCUT2D eigenvalue weighted by molar-refractivity contribution is -0.137. The molecular weight excluding hydrogens is 264 g/mol. The molecule has 0 N–H and O–H groups in total. The highest BCUT2D eigenvalue weighted by Gasteiger charge is 2.28. The Bertz CT molecular complexity index is 220. The van der Waals surface area contributed by atoms with Crippen LogP contribution in [0.1, 0.15) is 0 Å². The van der Waals surface area contributed by atoms with Crippen LogP contribution in [0.4, 0.5) is 0 Å². The number of rotatable bonds is 1. The van der Waals surface area contributed by atoms with Crippen LogP contribution in [0.2, 0.25) is 0 Å². The first-order chi connectivity index (χ1) is 4.66. The van der Waals surface area contributed by atoms with E-state index in [2.05, 4.69) is 38.4 Å². The Balaban J connectivity index is 2.93. The topological polar surface area (TPSA) is 26.3 Å². The maximum atomic E-state index is 10.7. The second kappa shape index (κ2) is 2.88. The predicted molar refractivity (Wildman–Crippen MR) is 45.0 cm³/mol. The summed E-state index contributed by atoms with van der Waals surface area (Å²) < 4.78 is 5.95. The van der Waals surface area contributed by atoms with Gasteiger partial charge < -0.3 is 4.74 Å². The Hall–Kier alpha value is -0.0900. The average molecular weight is 268 g/mol. The van der Waals surface area contributed by atoms with Crippen LogP contribution in [0.5, 0.6) is 0 Å². The lowest BCUT2D eigenvalue weighted by atomic mass is 10.3. The molecular formula is C6H4Br2O2. The summed E-state index contributed by atoms with van der Waals surface area (Å²) in [5, 5.41) is 0. The van der Waals surface area contributed by atoms with E-state index in [9.17, 15) is 4.79 Å². The van der Waals surface area contributed by atoms with Crippen molar-refractivity contribution in [2.75, 3.05) is 0 Å². The summed E-state index contributed by atoms with van der Waals surface area (Å²) in [5.41, 5.74) is 0. The van der Waals surface area contributed by atoms with Crippen LogP contribution in [0, 0.1) is 0 Å². The van der Waals surface area contributed by atoms with E-state index < -0.39 is 0 Å². The van der Waals surface area contributed by atoms with Gasteiger partial charge in [0, 0.05) is 0 Å². The standard InChI is InChI=1S/C6H4Br2O2/c1-2-3-4(7)5(8)6(9)10-3/h2-3H,1H2. The third-order valence-electron chi connectivity index (χ3n) is 1.09. The van der Waals surface area contributed by atoms with Gasteiger partial charge in [0.05, 0.1) is 4.48 Å². The molecule has 0 fully saturated rings. The number of esters is 1. The number of cyclic esters (lactones) is 1. The van der Waals surface area contributed by atoms with Crippen molar-refractivity contribution in [3.8, 4) is 0 Å². The molecule has 0 saturated heterocycles. The summed E-state index contributed by atoms with van der Waals surface area (Å²) in [4.78, 5) is 10.7. The van der Waals surface area contributed by atoms with Gasteiger partial charge in [-0.3, -0.25) is 0 Å². The van der Waals surface area contributed by atoms with E-state index in [4.69, 9.17) is 4.74 Å². The highest BCUT2D eigenvalue weighted by atomic mass is 79.9. The van der Waals surface area contributed by atoms with Crippen molar-refractivity contribution in [3.05, 3.63) is 21.6 Å². The Labute approximate surface area is 75.2 Å². The van der Waals surface area contributed by atoms with Crippen molar-refractivity contribution < 1.29 is 9.53 Å². The van der Waals surface area contributed by atoms with Gasteiger partial charge in [-0.1, -0.05) is 6.58 Å². The molecule has 0 aromatic rings. The molecule has 0 aromatic carbocycles. The fraction of sp³-hybridized carbons (Fsp3) is 0.167. The molecule has 1 rings (SSSR count). The van der Waals surface area contributed by atoms with Gasteiger partial charge in [-0.15, -0.1) is 0 Å². The molecule has 0 radical (unpaired) electrons. The first-order valence-electron chi connectivity index (χ1n) is 2.55. The zero-order valence-electron chi connectivity index (χ0n) is 4.93. The first kappa shape index (κ1) is 8.01. The van der Waals surface area contributed by atoms with Crippen LogP contribution < -0.4 is 0 Å². The molecule has 0 spiro atoms. The lowest BCUT2D eigenvalue weighted by Gasteiger charge is -2.01. The number of hydrogen-bond donors (Lipinski definition) is 0. The molecule has 2 nitrogen and oxygen atoms in total. The van der Waals surface area contributed by atoms with E-state index >= 15 is 0 Å². The van der Waals surface area contributed by atoms with Crippen LogP contribution in [0.3, 0.4) is 0 Å². The largest absolute Gasteiger partial charge is 0.449 e. The van der Waals surface area contributed by atoms with E-state index in [1.165, 1.54) is 0 Å². The molecule has 1 heterocycles. The van der Waals surface area contributed by atoms with Gasteiger partial charge in [-0.25, -0.2) is 4.79 Å². The zero-order chi connectivity index (χ0) is 7.72. The molecule has 0 saturated carbocycles. The lowest BCUT2D eigenvalue weighted by Crippen LogP contribution is -2.04. The minimum absolute atomic E-state index is 0.318. The maximum Gasteiger partial charge on any atom is 0.347 e. The van der Waals surface area contributed by atoms with E-state index in [1.54, 1.807) is 6.08 Å². The van der Waals surface area contributed by atoms with E-state index in [1.807, 2.05) is 0 Å². The number of carbonyl (C=O) groups excluding carboxylic acids is 1. The molecule has 0 amide bonds. The van der Waals surface area contributed by atoms with E-state index in [-0.39, 0.29) is 12.1 Å². The average Bonchev–Trinajstić information content (AvgIpc) is 2.17. The summed E-state index contributed by atoms with van der Waals surface area (Å²) in [6, 6.07) is 0. The van der Waals surface area contributed by atoms with Crippen LogP contribution >= 0.6 is 31.9 Å². The Morgan fingerprint density at radius 2 is 2.20 bits per heavy atom. The monoisotopic (exact) mass is 266 g/mol. The Kier molecular flexibility index (Phi) is 2.31. The fourth-order valence-corrected chi connectivity index (χ4v) is 1.35. The highest BCUT2D eigenvalue weighted by Crippen LogP contribution is 2.31. The van der Waals surface area contributed by atoms with Crippen LogP contribution in [0.15, 0.2) is 21.6 Å². The molecule has 10 heavy (non-hydrogen) atoms. The van der Waals surface area contributed by atoms with Gasteiger partial charge in [0.1, 0.15) is 4.48 Å². The van der Waals surface area contributed by atoms with Gasteiger partial charge in [0.15, 0.2) is 6.10 Å². The summed E-state index contributed by atoms with van der Waals surface area (Å²) in [7, 11) is 0. The van der Waals surface area contributed by atoms with Gasteiger partial charge >= 0.3 is 5.97 Å². The van der Waals surface area contributed by atoms with Crippen molar-refractivity contribution in [1.82, 2.24) is 0 Å². The molecule has 1 atom stereocenters. The predicted octanol–water partition coefficient (Wildman–Crippen LogP) is 2.10. The number of hydrogen-bond acceptors (Lipinski definition) is 2. The van der Waals surface area contributed by atoms with Crippen LogP contribution in [0.25, 0.3) is 0 Å². The second-order valence-corrected chi connectivity index (χ2v) is 3.37. The van der Waals surface area contributed by atoms with Crippen molar-refractivity contribution in [1.29, 1.82) is 0 Å². The molecule has 0 aromatic heterocycles. The molecule has 0 aliphatic carbocycles.